The van der Waals surface area contributed by atoms with E-state index in [-0.39, 0.29) is 0 Å². The van der Waals surface area contributed by atoms with E-state index >= 15 is 0 Å². The Hall–Kier alpha value is -3.28. The summed E-state index contributed by atoms with van der Waals surface area (Å²) in [7, 11) is 0. The van der Waals surface area contributed by atoms with Crippen molar-refractivity contribution in [1.82, 2.24) is 10.2 Å². The van der Waals surface area contributed by atoms with Gasteiger partial charge in [-0.2, -0.15) is 0 Å². The lowest BCUT2D eigenvalue weighted by Gasteiger charge is -2.26. The molecule has 0 bridgehead atoms. The van der Waals surface area contributed by atoms with Crippen LogP contribution in [-0.4, -0.2) is 10.2 Å². The Balaban J connectivity index is 1.58. The van der Waals surface area contributed by atoms with E-state index < -0.39 is 0 Å². The van der Waals surface area contributed by atoms with Gasteiger partial charge in [-0.1, -0.05) is 78.1 Å². The fourth-order valence-electron chi connectivity index (χ4n) is 3.58. The number of para-hydroxylation sites is 2. The highest BCUT2D eigenvalue weighted by atomic mass is 79.9. The topological polar surface area (TPSA) is 29.0 Å². The highest BCUT2D eigenvalue weighted by Gasteiger charge is 2.13. The first-order valence-corrected chi connectivity index (χ1v) is 11.5. The first kappa shape index (κ1) is 19.7. The molecule has 0 aliphatic carbocycles. The third kappa shape index (κ3) is 4.29. The van der Waals surface area contributed by atoms with Gasteiger partial charge in [-0.3, -0.25) is 0 Å². The summed E-state index contributed by atoms with van der Waals surface area (Å²) in [6.07, 6.45) is 0. The Morgan fingerprint density at radius 1 is 0.548 bits per heavy atom. The molecule has 5 rings (SSSR count). The van der Waals surface area contributed by atoms with Gasteiger partial charge in [0.1, 0.15) is 5.01 Å². The molecule has 0 radical (unpaired) electrons. The minimum atomic E-state index is 0.788. The molecule has 0 aliphatic heterocycles. The van der Waals surface area contributed by atoms with Gasteiger partial charge in [0.05, 0.1) is 0 Å². The van der Waals surface area contributed by atoms with Gasteiger partial charge in [0.2, 0.25) is 0 Å². The standard InChI is InChI=1S/C26H18BrN3S/c27-26-29-28-25(31-26)21-11-7-9-19(17-21)20-10-8-16-24(18-20)30(22-12-3-1-4-13-22)23-14-5-2-6-15-23/h1-18H. The van der Waals surface area contributed by atoms with Crippen molar-refractivity contribution < 1.29 is 0 Å². The maximum atomic E-state index is 4.26. The number of hydrogen-bond donors (Lipinski definition) is 0. The Morgan fingerprint density at radius 3 is 1.71 bits per heavy atom. The van der Waals surface area contributed by atoms with E-state index in [4.69, 9.17) is 0 Å². The summed E-state index contributed by atoms with van der Waals surface area (Å²) in [6, 6.07) is 38.0. The van der Waals surface area contributed by atoms with E-state index in [0.717, 1.165) is 42.7 Å². The highest BCUT2D eigenvalue weighted by molar-refractivity contribution is 9.11. The van der Waals surface area contributed by atoms with Crippen molar-refractivity contribution in [3.05, 3.63) is 113 Å². The molecule has 0 atom stereocenters. The van der Waals surface area contributed by atoms with E-state index in [1.54, 1.807) is 0 Å². The van der Waals surface area contributed by atoms with Crippen molar-refractivity contribution in [2.24, 2.45) is 0 Å². The number of benzene rings is 4. The molecule has 0 saturated carbocycles. The Morgan fingerprint density at radius 2 is 1.10 bits per heavy atom. The molecule has 5 heteroatoms. The van der Waals surface area contributed by atoms with Crippen LogP contribution in [-0.2, 0) is 0 Å². The average Bonchev–Trinajstić information content (AvgIpc) is 3.27. The molecule has 31 heavy (non-hydrogen) atoms. The maximum absolute atomic E-state index is 4.26. The van der Waals surface area contributed by atoms with E-state index in [1.807, 2.05) is 12.1 Å². The summed E-state index contributed by atoms with van der Waals surface area (Å²) < 4.78 is 0.788. The summed E-state index contributed by atoms with van der Waals surface area (Å²) >= 11 is 4.94. The number of nitrogens with zero attached hydrogens (tertiary/aromatic N) is 3. The van der Waals surface area contributed by atoms with Gasteiger partial charge in [0.15, 0.2) is 3.92 Å². The zero-order valence-electron chi connectivity index (χ0n) is 16.5. The van der Waals surface area contributed by atoms with Crippen LogP contribution >= 0.6 is 27.3 Å². The van der Waals surface area contributed by atoms with Crippen molar-refractivity contribution in [3.8, 4) is 21.7 Å². The lowest BCUT2D eigenvalue weighted by atomic mass is 10.0. The first-order chi connectivity index (χ1) is 15.3. The summed E-state index contributed by atoms with van der Waals surface area (Å²) in [5.74, 6) is 0. The van der Waals surface area contributed by atoms with Crippen LogP contribution in [0.15, 0.2) is 113 Å². The van der Waals surface area contributed by atoms with Gasteiger partial charge in [-0.25, -0.2) is 0 Å². The monoisotopic (exact) mass is 483 g/mol. The quantitative estimate of drug-likeness (QED) is 0.252. The second-order valence-electron chi connectivity index (χ2n) is 7.00. The summed E-state index contributed by atoms with van der Waals surface area (Å²) in [6.45, 7) is 0. The molecule has 0 N–H and O–H groups in total. The summed E-state index contributed by atoms with van der Waals surface area (Å²) in [4.78, 5) is 2.27. The zero-order valence-corrected chi connectivity index (χ0v) is 18.9. The second-order valence-corrected chi connectivity index (χ2v) is 9.25. The van der Waals surface area contributed by atoms with Gasteiger partial charge in [-0.15, -0.1) is 10.2 Å². The van der Waals surface area contributed by atoms with Crippen molar-refractivity contribution in [2.75, 3.05) is 4.90 Å². The first-order valence-electron chi connectivity index (χ1n) is 9.88. The van der Waals surface area contributed by atoms with Gasteiger partial charge in [0.25, 0.3) is 0 Å². The van der Waals surface area contributed by atoms with Crippen molar-refractivity contribution in [2.45, 2.75) is 0 Å². The number of halogens is 1. The van der Waals surface area contributed by atoms with E-state index in [2.05, 4.69) is 128 Å². The van der Waals surface area contributed by atoms with Crippen LogP contribution in [0.2, 0.25) is 0 Å². The third-order valence-corrected chi connectivity index (χ3v) is 6.38. The minimum Gasteiger partial charge on any atom is -0.310 e. The molecule has 0 amide bonds. The Bertz CT molecular complexity index is 1260. The van der Waals surface area contributed by atoms with Crippen LogP contribution in [0.25, 0.3) is 21.7 Å². The molecule has 3 nitrogen and oxygen atoms in total. The highest BCUT2D eigenvalue weighted by Crippen LogP contribution is 2.37. The average molecular weight is 484 g/mol. The second kappa shape index (κ2) is 8.84. The van der Waals surface area contributed by atoms with Crippen molar-refractivity contribution in [1.29, 1.82) is 0 Å². The zero-order chi connectivity index (χ0) is 21.0. The molecule has 150 valence electrons. The molecule has 0 aliphatic rings. The fourth-order valence-corrected chi connectivity index (χ4v) is 4.69. The van der Waals surface area contributed by atoms with Crippen LogP contribution in [0.4, 0.5) is 17.1 Å². The predicted molar refractivity (Wildman–Crippen MR) is 133 cm³/mol. The number of anilines is 3. The molecule has 1 heterocycles. The molecule has 0 fully saturated rings. The SMILES string of the molecule is Brc1nnc(-c2cccc(-c3cccc(N(c4ccccc4)c4ccccc4)c3)c2)s1. The van der Waals surface area contributed by atoms with Crippen LogP contribution in [0.3, 0.4) is 0 Å². The number of rotatable bonds is 5. The van der Waals surface area contributed by atoms with E-state index in [9.17, 15) is 0 Å². The summed E-state index contributed by atoms with van der Waals surface area (Å²) in [5, 5.41) is 9.24. The number of aromatic nitrogens is 2. The van der Waals surface area contributed by atoms with Crippen LogP contribution in [0, 0.1) is 0 Å². The van der Waals surface area contributed by atoms with Gasteiger partial charge in [0, 0.05) is 22.6 Å². The molecule has 1 aromatic heterocycles. The smallest absolute Gasteiger partial charge is 0.183 e. The Kier molecular flexibility index (Phi) is 5.61. The molecule has 0 unspecified atom stereocenters. The lowest BCUT2D eigenvalue weighted by Crippen LogP contribution is -2.09. The predicted octanol–water partition coefficient (Wildman–Crippen LogP) is 8.10. The van der Waals surface area contributed by atoms with E-state index in [1.165, 1.54) is 11.3 Å². The van der Waals surface area contributed by atoms with Gasteiger partial charge >= 0.3 is 0 Å². The van der Waals surface area contributed by atoms with E-state index in [0.29, 0.717) is 0 Å². The Labute approximate surface area is 193 Å². The normalized spacial score (nSPS) is 10.7. The lowest BCUT2D eigenvalue weighted by molar-refractivity contribution is 1.08. The molecular formula is C26H18BrN3S. The maximum Gasteiger partial charge on any atom is 0.183 e. The third-order valence-electron chi connectivity index (χ3n) is 4.98. The molecule has 4 aromatic carbocycles. The van der Waals surface area contributed by atoms with Crippen molar-refractivity contribution in [3.63, 3.8) is 0 Å². The van der Waals surface area contributed by atoms with Crippen LogP contribution in [0.5, 0.6) is 0 Å². The van der Waals surface area contributed by atoms with Crippen LogP contribution in [0.1, 0.15) is 0 Å². The molecule has 0 saturated heterocycles. The van der Waals surface area contributed by atoms with Gasteiger partial charge in [-0.05, 0) is 69.5 Å². The van der Waals surface area contributed by atoms with Crippen LogP contribution < -0.4 is 4.90 Å². The molecule has 0 spiro atoms. The largest absolute Gasteiger partial charge is 0.310 e. The minimum absolute atomic E-state index is 0.788. The summed E-state index contributed by atoms with van der Waals surface area (Å²) in [5.41, 5.74) is 6.72. The van der Waals surface area contributed by atoms with Gasteiger partial charge < -0.3 is 4.90 Å². The molecule has 5 aromatic rings. The number of hydrogen-bond acceptors (Lipinski definition) is 4. The molecular weight excluding hydrogens is 466 g/mol. The fraction of sp³-hybridized carbons (Fsp3) is 0. The van der Waals surface area contributed by atoms with Crippen molar-refractivity contribution >= 4 is 44.3 Å².